The fourth-order valence-corrected chi connectivity index (χ4v) is 1.87. The van der Waals surface area contributed by atoms with Gasteiger partial charge < -0.3 is 4.74 Å². The second-order valence-corrected chi connectivity index (χ2v) is 5.92. The molecule has 0 bridgehead atoms. The van der Waals surface area contributed by atoms with Crippen LogP contribution in [0, 0.1) is 0 Å². The van der Waals surface area contributed by atoms with E-state index in [1.165, 1.54) is 0 Å². The summed E-state index contributed by atoms with van der Waals surface area (Å²) in [4.78, 5) is 15.6. The van der Waals surface area contributed by atoms with Crippen molar-refractivity contribution in [1.82, 2.24) is 15.8 Å². The van der Waals surface area contributed by atoms with Crippen molar-refractivity contribution in [1.29, 1.82) is 0 Å². The van der Waals surface area contributed by atoms with Gasteiger partial charge in [-0.15, -0.1) is 0 Å². The maximum Gasteiger partial charge on any atom is 0.422 e. The van der Waals surface area contributed by atoms with Crippen molar-refractivity contribution < 1.29 is 9.53 Å². The zero-order valence-electron chi connectivity index (χ0n) is 13.1. The van der Waals surface area contributed by atoms with Gasteiger partial charge in [0.25, 0.3) is 0 Å². The van der Waals surface area contributed by atoms with E-state index in [-0.39, 0.29) is 0 Å². The summed E-state index contributed by atoms with van der Waals surface area (Å²) in [7, 11) is 0. The van der Waals surface area contributed by atoms with Gasteiger partial charge in [-0.05, 0) is 43.5 Å². The van der Waals surface area contributed by atoms with Gasteiger partial charge in [0.1, 0.15) is 5.60 Å². The molecule has 0 atom stereocenters. The highest BCUT2D eigenvalue weighted by Crippen LogP contribution is 2.18. The van der Waals surface area contributed by atoms with Gasteiger partial charge in [0.2, 0.25) is 0 Å². The summed E-state index contributed by atoms with van der Waals surface area (Å²) >= 11 is 0. The van der Waals surface area contributed by atoms with Crippen molar-refractivity contribution in [2.75, 3.05) is 0 Å². The van der Waals surface area contributed by atoms with Crippen molar-refractivity contribution in [3.8, 4) is 11.1 Å². The molecule has 0 unspecified atom stereocenters. The Morgan fingerprint density at radius 2 is 1.86 bits per heavy atom. The van der Waals surface area contributed by atoms with Crippen LogP contribution in [0.25, 0.3) is 11.1 Å². The number of amides is 1. The van der Waals surface area contributed by atoms with E-state index in [1.54, 1.807) is 6.20 Å². The number of nitrogens with zero attached hydrogens (tertiary/aromatic N) is 1. The molecule has 22 heavy (non-hydrogen) atoms. The lowest BCUT2D eigenvalue weighted by Gasteiger charge is -2.19. The second kappa shape index (κ2) is 7.04. The first-order valence-electron chi connectivity index (χ1n) is 7.15. The van der Waals surface area contributed by atoms with Crippen LogP contribution in [0.1, 0.15) is 26.3 Å². The monoisotopic (exact) mass is 299 g/mol. The molecule has 1 amide bonds. The Kier molecular flexibility index (Phi) is 5.12. The minimum atomic E-state index is -0.503. The third kappa shape index (κ3) is 5.18. The number of ether oxygens (including phenoxy) is 1. The Balaban J connectivity index is 1.84. The largest absolute Gasteiger partial charge is 0.443 e. The molecule has 0 aliphatic heterocycles. The summed E-state index contributed by atoms with van der Waals surface area (Å²) in [5, 5.41) is 0. The number of hydrogen-bond acceptors (Lipinski definition) is 4. The van der Waals surface area contributed by atoms with Gasteiger partial charge in [0, 0.05) is 18.9 Å². The molecule has 5 heteroatoms. The summed E-state index contributed by atoms with van der Waals surface area (Å²) in [6.07, 6.45) is 3.10. The van der Waals surface area contributed by atoms with Crippen molar-refractivity contribution in [2.24, 2.45) is 0 Å². The lowest BCUT2D eigenvalue weighted by Crippen LogP contribution is -2.40. The molecule has 0 aliphatic carbocycles. The SMILES string of the molecule is CC(C)(C)OC(=O)NNCc1ccc(-c2cccnc2)cc1. The normalized spacial score (nSPS) is 11.0. The van der Waals surface area contributed by atoms with Crippen LogP contribution in [0.5, 0.6) is 0 Å². The van der Waals surface area contributed by atoms with E-state index in [0.29, 0.717) is 6.54 Å². The van der Waals surface area contributed by atoms with E-state index >= 15 is 0 Å². The highest BCUT2D eigenvalue weighted by molar-refractivity contribution is 5.67. The fourth-order valence-electron chi connectivity index (χ4n) is 1.87. The van der Waals surface area contributed by atoms with Crippen LogP contribution < -0.4 is 10.9 Å². The molecule has 2 aromatic rings. The van der Waals surface area contributed by atoms with E-state index in [2.05, 4.69) is 15.8 Å². The fraction of sp³-hybridized carbons (Fsp3) is 0.294. The Morgan fingerprint density at radius 1 is 1.14 bits per heavy atom. The molecule has 1 aromatic heterocycles. The number of carbonyl (C=O) groups is 1. The van der Waals surface area contributed by atoms with E-state index < -0.39 is 11.7 Å². The minimum Gasteiger partial charge on any atom is -0.443 e. The molecule has 1 heterocycles. The number of aromatic nitrogens is 1. The second-order valence-electron chi connectivity index (χ2n) is 5.92. The minimum absolute atomic E-state index is 0.487. The van der Waals surface area contributed by atoms with Gasteiger partial charge in [-0.1, -0.05) is 30.3 Å². The maximum atomic E-state index is 11.5. The third-order valence-electron chi connectivity index (χ3n) is 2.83. The summed E-state index contributed by atoms with van der Waals surface area (Å²) in [6.45, 7) is 5.99. The van der Waals surface area contributed by atoms with Crippen LogP contribution >= 0.6 is 0 Å². The predicted molar refractivity (Wildman–Crippen MR) is 85.9 cm³/mol. The van der Waals surface area contributed by atoms with Crippen LogP contribution in [0.4, 0.5) is 4.79 Å². The molecule has 1 aromatic carbocycles. The van der Waals surface area contributed by atoms with E-state index in [9.17, 15) is 4.79 Å². The first kappa shape index (κ1) is 16.0. The molecule has 0 saturated carbocycles. The molecule has 2 rings (SSSR count). The first-order valence-corrected chi connectivity index (χ1v) is 7.15. The number of benzene rings is 1. The van der Waals surface area contributed by atoms with E-state index in [0.717, 1.165) is 16.7 Å². The Hall–Kier alpha value is -2.40. The summed E-state index contributed by atoms with van der Waals surface area (Å²) < 4.78 is 5.13. The van der Waals surface area contributed by atoms with Crippen LogP contribution in [-0.4, -0.2) is 16.7 Å². The van der Waals surface area contributed by atoms with Crippen LogP contribution in [0.3, 0.4) is 0 Å². The number of pyridine rings is 1. The zero-order chi connectivity index (χ0) is 16.0. The average Bonchev–Trinajstić information content (AvgIpc) is 2.47. The molecule has 0 saturated heterocycles. The molecule has 0 radical (unpaired) electrons. The van der Waals surface area contributed by atoms with Gasteiger partial charge in [0.05, 0.1) is 0 Å². The number of rotatable bonds is 4. The number of hydrogen-bond donors (Lipinski definition) is 2. The highest BCUT2D eigenvalue weighted by Gasteiger charge is 2.15. The number of carbonyl (C=O) groups excluding carboxylic acids is 1. The number of nitrogens with one attached hydrogen (secondary N) is 2. The average molecular weight is 299 g/mol. The Morgan fingerprint density at radius 3 is 2.45 bits per heavy atom. The van der Waals surface area contributed by atoms with Gasteiger partial charge in [-0.2, -0.15) is 0 Å². The Labute approximate surface area is 130 Å². The standard InChI is InChI=1S/C17H21N3O2/c1-17(2,3)22-16(21)20-19-11-13-6-8-14(9-7-13)15-5-4-10-18-12-15/h4-10,12,19H,11H2,1-3H3,(H,20,21). The van der Waals surface area contributed by atoms with E-state index in [1.807, 2.05) is 63.4 Å². The number of hydrazine groups is 1. The molecule has 116 valence electrons. The Bertz CT molecular complexity index is 604. The molecule has 0 fully saturated rings. The summed E-state index contributed by atoms with van der Waals surface area (Å²) in [5.41, 5.74) is 8.10. The maximum absolute atomic E-state index is 11.5. The third-order valence-corrected chi connectivity index (χ3v) is 2.83. The summed E-state index contributed by atoms with van der Waals surface area (Å²) in [6, 6.07) is 12.0. The van der Waals surface area contributed by atoms with Crippen LogP contribution in [-0.2, 0) is 11.3 Å². The van der Waals surface area contributed by atoms with Crippen LogP contribution in [0.2, 0.25) is 0 Å². The van der Waals surface area contributed by atoms with Gasteiger partial charge in [-0.25, -0.2) is 10.2 Å². The molecule has 2 N–H and O–H groups in total. The van der Waals surface area contributed by atoms with E-state index in [4.69, 9.17) is 4.74 Å². The first-order chi connectivity index (χ1) is 10.4. The molecule has 0 aliphatic rings. The lowest BCUT2D eigenvalue weighted by molar-refractivity contribution is 0.0497. The van der Waals surface area contributed by atoms with Crippen LogP contribution in [0.15, 0.2) is 48.8 Å². The predicted octanol–water partition coefficient (Wildman–Crippen LogP) is 3.28. The molecule has 0 spiro atoms. The van der Waals surface area contributed by atoms with Crippen molar-refractivity contribution in [3.63, 3.8) is 0 Å². The molecular weight excluding hydrogens is 278 g/mol. The van der Waals surface area contributed by atoms with Gasteiger partial charge in [-0.3, -0.25) is 10.4 Å². The van der Waals surface area contributed by atoms with Crippen molar-refractivity contribution in [3.05, 3.63) is 54.4 Å². The molecular formula is C17H21N3O2. The quantitative estimate of drug-likeness (QED) is 0.850. The zero-order valence-corrected chi connectivity index (χ0v) is 13.1. The highest BCUT2D eigenvalue weighted by atomic mass is 16.6. The molecule has 5 nitrogen and oxygen atoms in total. The summed E-state index contributed by atoms with van der Waals surface area (Å²) in [5.74, 6) is 0. The lowest BCUT2D eigenvalue weighted by atomic mass is 10.1. The van der Waals surface area contributed by atoms with Gasteiger partial charge >= 0.3 is 6.09 Å². The van der Waals surface area contributed by atoms with Gasteiger partial charge in [0.15, 0.2) is 0 Å². The van der Waals surface area contributed by atoms with Crippen molar-refractivity contribution in [2.45, 2.75) is 32.9 Å². The topological polar surface area (TPSA) is 63.2 Å². The van der Waals surface area contributed by atoms with Crippen molar-refractivity contribution >= 4 is 6.09 Å². The smallest absolute Gasteiger partial charge is 0.422 e.